The van der Waals surface area contributed by atoms with Crippen LogP contribution < -0.4 is 9.47 Å². The summed E-state index contributed by atoms with van der Waals surface area (Å²) >= 11 is 4.25. The molecule has 1 aliphatic heterocycles. The first kappa shape index (κ1) is 25.4. The van der Waals surface area contributed by atoms with Crippen LogP contribution in [0.5, 0.6) is 11.5 Å². The van der Waals surface area contributed by atoms with Crippen molar-refractivity contribution in [3.63, 3.8) is 0 Å². The standard InChI is InChI=1S/C25H18BrFN2O6S/c1-34-21-11-17(10-20(26)23(21)35-14-16-3-2-4-18(27)9-16)12-22-24(30)28(25(31)36-22)13-15-5-7-19(8-6-15)29(32)33/h2-12H,13-14H2,1H3/b22-12-. The molecule has 0 bridgehead atoms. The zero-order valence-corrected chi connectivity index (χ0v) is 21.2. The number of methoxy groups -OCH3 is 1. The number of benzene rings is 3. The molecule has 3 aromatic rings. The quantitative estimate of drug-likeness (QED) is 0.177. The van der Waals surface area contributed by atoms with E-state index < -0.39 is 16.1 Å². The molecule has 0 aliphatic carbocycles. The molecule has 3 aromatic carbocycles. The lowest BCUT2D eigenvalue weighted by Gasteiger charge is -2.14. The summed E-state index contributed by atoms with van der Waals surface area (Å²) in [7, 11) is 1.47. The normalized spacial score (nSPS) is 14.4. The highest BCUT2D eigenvalue weighted by Crippen LogP contribution is 2.39. The number of nitro benzene ring substituents is 1. The van der Waals surface area contributed by atoms with E-state index in [1.807, 2.05) is 0 Å². The Morgan fingerprint density at radius 2 is 1.86 bits per heavy atom. The zero-order valence-electron chi connectivity index (χ0n) is 18.8. The molecule has 36 heavy (non-hydrogen) atoms. The molecule has 184 valence electrons. The van der Waals surface area contributed by atoms with Gasteiger partial charge in [-0.1, -0.05) is 24.3 Å². The largest absolute Gasteiger partial charge is 0.493 e. The summed E-state index contributed by atoms with van der Waals surface area (Å²) in [6.45, 7) is 0.119. The van der Waals surface area contributed by atoms with Crippen molar-refractivity contribution in [2.75, 3.05) is 7.11 Å². The fraction of sp³-hybridized carbons (Fsp3) is 0.120. The second kappa shape index (κ2) is 10.9. The third-order valence-corrected chi connectivity index (χ3v) is 6.68. The zero-order chi connectivity index (χ0) is 25.8. The summed E-state index contributed by atoms with van der Waals surface area (Å²) in [5, 5.41) is 10.4. The van der Waals surface area contributed by atoms with E-state index in [4.69, 9.17) is 9.47 Å². The van der Waals surface area contributed by atoms with E-state index in [-0.39, 0.29) is 29.6 Å². The monoisotopic (exact) mass is 572 g/mol. The van der Waals surface area contributed by atoms with Gasteiger partial charge in [0.2, 0.25) is 0 Å². The number of imide groups is 1. The van der Waals surface area contributed by atoms with Crippen LogP contribution in [0.2, 0.25) is 0 Å². The van der Waals surface area contributed by atoms with E-state index in [2.05, 4.69) is 15.9 Å². The number of rotatable bonds is 8. The second-order valence-corrected chi connectivity index (χ2v) is 9.49. The van der Waals surface area contributed by atoms with Gasteiger partial charge in [-0.15, -0.1) is 0 Å². The maximum Gasteiger partial charge on any atom is 0.293 e. The number of halogens is 2. The highest BCUT2D eigenvalue weighted by molar-refractivity contribution is 9.10. The number of ether oxygens (including phenoxy) is 2. The van der Waals surface area contributed by atoms with Crippen LogP contribution in [0.3, 0.4) is 0 Å². The molecular weight excluding hydrogens is 555 g/mol. The van der Waals surface area contributed by atoms with E-state index >= 15 is 0 Å². The first-order valence-electron chi connectivity index (χ1n) is 10.5. The molecule has 1 fully saturated rings. The topological polar surface area (TPSA) is 99.0 Å². The molecule has 0 atom stereocenters. The van der Waals surface area contributed by atoms with Crippen molar-refractivity contribution in [3.8, 4) is 11.5 Å². The van der Waals surface area contributed by atoms with Gasteiger partial charge in [0.15, 0.2) is 11.5 Å². The van der Waals surface area contributed by atoms with Crippen molar-refractivity contribution in [3.05, 3.63) is 103 Å². The molecule has 8 nitrogen and oxygen atoms in total. The number of carbonyl (C=O) groups is 2. The molecule has 0 spiro atoms. The van der Waals surface area contributed by atoms with E-state index in [9.17, 15) is 24.1 Å². The third-order valence-electron chi connectivity index (χ3n) is 5.18. The van der Waals surface area contributed by atoms with Gasteiger partial charge in [0.1, 0.15) is 12.4 Å². The number of thioether (sulfide) groups is 1. The molecule has 0 radical (unpaired) electrons. The van der Waals surface area contributed by atoms with Gasteiger partial charge in [-0.25, -0.2) is 4.39 Å². The van der Waals surface area contributed by atoms with Crippen LogP contribution in [0.4, 0.5) is 14.9 Å². The van der Waals surface area contributed by atoms with E-state index in [0.29, 0.717) is 32.7 Å². The predicted octanol–water partition coefficient (Wildman–Crippen LogP) is 6.32. The van der Waals surface area contributed by atoms with Crippen molar-refractivity contribution >= 4 is 50.6 Å². The highest BCUT2D eigenvalue weighted by Gasteiger charge is 2.35. The van der Waals surface area contributed by atoms with E-state index in [0.717, 1.165) is 16.7 Å². The molecule has 1 aliphatic rings. The van der Waals surface area contributed by atoms with Gasteiger partial charge < -0.3 is 9.47 Å². The number of nitro groups is 1. The lowest BCUT2D eigenvalue weighted by Crippen LogP contribution is -2.27. The Kier molecular flexibility index (Phi) is 7.70. The summed E-state index contributed by atoms with van der Waals surface area (Å²) in [4.78, 5) is 37.0. The van der Waals surface area contributed by atoms with Crippen LogP contribution in [0, 0.1) is 15.9 Å². The highest BCUT2D eigenvalue weighted by atomic mass is 79.9. The molecule has 0 aromatic heterocycles. The van der Waals surface area contributed by atoms with Crippen LogP contribution in [-0.2, 0) is 17.9 Å². The molecular formula is C25H18BrFN2O6S. The Balaban J connectivity index is 1.51. The summed E-state index contributed by atoms with van der Waals surface area (Å²) < 4.78 is 25.3. The first-order chi connectivity index (χ1) is 17.2. The molecule has 1 heterocycles. The van der Waals surface area contributed by atoms with Crippen LogP contribution >= 0.6 is 27.7 Å². The number of hydrogen-bond donors (Lipinski definition) is 0. The number of amides is 2. The third kappa shape index (κ3) is 5.74. The summed E-state index contributed by atoms with van der Waals surface area (Å²) in [6, 6.07) is 15.1. The van der Waals surface area contributed by atoms with Crippen LogP contribution in [-0.4, -0.2) is 28.1 Å². The number of hydrogen-bond acceptors (Lipinski definition) is 7. The van der Waals surface area contributed by atoms with Crippen molar-refractivity contribution in [2.45, 2.75) is 13.2 Å². The van der Waals surface area contributed by atoms with Crippen molar-refractivity contribution in [2.24, 2.45) is 0 Å². The molecule has 0 saturated carbocycles. The van der Waals surface area contributed by atoms with Gasteiger partial charge in [0, 0.05) is 12.1 Å². The average Bonchev–Trinajstić information content (AvgIpc) is 3.10. The van der Waals surface area contributed by atoms with E-state index in [1.54, 1.807) is 30.3 Å². The first-order valence-corrected chi connectivity index (χ1v) is 12.1. The maximum atomic E-state index is 13.4. The van der Waals surface area contributed by atoms with Crippen molar-refractivity contribution < 1.29 is 28.4 Å². The van der Waals surface area contributed by atoms with Gasteiger partial charge in [0.05, 0.1) is 28.0 Å². The molecule has 0 N–H and O–H groups in total. The van der Waals surface area contributed by atoms with Crippen LogP contribution in [0.1, 0.15) is 16.7 Å². The number of non-ortho nitro benzene ring substituents is 1. The Bertz CT molecular complexity index is 1380. The molecule has 4 rings (SSSR count). The Morgan fingerprint density at radius 3 is 2.53 bits per heavy atom. The van der Waals surface area contributed by atoms with Gasteiger partial charge >= 0.3 is 0 Å². The predicted molar refractivity (Wildman–Crippen MR) is 136 cm³/mol. The van der Waals surface area contributed by atoms with Crippen LogP contribution in [0.15, 0.2) is 70.0 Å². The summed E-state index contributed by atoms with van der Waals surface area (Å²) in [6.07, 6.45) is 1.57. The average molecular weight is 573 g/mol. The Hall–Kier alpha value is -3.70. The fourth-order valence-electron chi connectivity index (χ4n) is 3.44. The number of nitrogens with zero attached hydrogens (tertiary/aromatic N) is 2. The Labute approximate surface area is 218 Å². The minimum Gasteiger partial charge on any atom is -0.493 e. The second-order valence-electron chi connectivity index (χ2n) is 7.64. The molecule has 2 amide bonds. The lowest BCUT2D eigenvalue weighted by atomic mass is 10.1. The SMILES string of the molecule is COc1cc(/C=C2\SC(=O)N(Cc3ccc([N+](=O)[O-])cc3)C2=O)cc(Br)c1OCc1cccc(F)c1. The smallest absolute Gasteiger partial charge is 0.293 e. The molecule has 1 saturated heterocycles. The van der Waals surface area contributed by atoms with Gasteiger partial charge in [-0.05, 0) is 74.7 Å². The minimum absolute atomic E-state index is 0.000124. The fourth-order valence-corrected chi connectivity index (χ4v) is 4.85. The van der Waals surface area contributed by atoms with Crippen LogP contribution in [0.25, 0.3) is 6.08 Å². The van der Waals surface area contributed by atoms with E-state index in [1.165, 1.54) is 43.5 Å². The maximum absolute atomic E-state index is 13.4. The summed E-state index contributed by atoms with van der Waals surface area (Å²) in [5.41, 5.74) is 1.76. The molecule has 0 unspecified atom stereocenters. The number of carbonyl (C=O) groups excluding carboxylic acids is 2. The summed E-state index contributed by atoms with van der Waals surface area (Å²) in [5.74, 6) is -0.0350. The van der Waals surface area contributed by atoms with Gasteiger partial charge in [0.25, 0.3) is 16.8 Å². The minimum atomic E-state index is -0.517. The molecule has 11 heteroatoms. The van der Waals surface area contributed by atoms with Crippen molar-refractivity contribution in [1.29, 1.82) is 0 Å². The van der Waals surface area contributed by atoms with Gasteiger partial charge in [-0.2, -0.15) is 0 Å². The lowest BCUT2D eigenvalue weighted by molar-refractivity contribution is -0.384. The Morgan fingerprint density at radius 1 is 1.11 bits per heavy atom. The van der Waals surface area contributed by atoms with Gasteiger partial charge in [-0.3, -0.25) is 24.6 Å². The van der Waals surface area contributed by atoms with Crippen molar-refractivity contribution in [1.82, 2.24) is 4.90 Å².